The summed E-state index contributed by atoms with van der Waals surface area (Å²) in [6.45, 7) is 3.11. The van der Waals surface area contributed by atoms with Crippen LogP contribution in [0.2, 0.25) is 0 Å². The fourth-order valence-electron chi connectivity index (χ4n) is 2.71. The van der Waals surface area contributed by atoms with Gasteiger partial charge in [0.05, 0.1) is 17.5 Å². The number of aryl methyl sites for hydroxylation is 1. The maximum absolute atomic E-state index is 12.9. The minimum Gasteiger partial charge on any atom is -0.326 e. The van der Waals surface area contributed by atoms with Crippen LogP contribution in [-0.4, -0.2) is 41.7 Å². The summed E-state index contributed by atoms with van der Waals surface area (Å²) < 4.78 is 25.7. The number of nitrogens with zero attached hydrogens (tertiary/aromatic N) is 2. The normalized spacial score (nSPS) is 11.0. The number of hydrogen-bond acceptors (Lipinski definition) is 6. The third-order valence-corrected chi connectivity index (χ3v) is 4.45. The molecule has 0 unspecified atom stereocenters. The molecule has 1 heterocycles. The molecule has 0 spiro atoms. The van der Waals surface area contributed by atoms with Gasteiger partial charge >= 0.3 is 0 Å². The molecule has 0 saturated heterocycles. The molecule has 1 aromatic heterocycles. The van der Waals surface area contributed by atoms with Crippen LogP contribution in [0.4, 0.5) is 17.1 Å². The average Bonchev–Trinajstić information content (AvgIpc) is 3.08. The molecule has 2 aromatic carbocycles. The van der Waals surface area contributed by atoms with Crippen molar-refractivity contribution in [2.24, 2.45) is 0 Å². The van der Waals surface area contributed by atoms with Crippen LogP contribution >= 0.6 is 0 Å². The van der Waals surface area contributed by atoms with Crippen LogP contribution < -0.4 is 15.4 Å². The van der Waals surface area contributed by atoms with Gasteiger partial charge < -0.3 is 10.6 Å². The molecular formula is C19H20N6O4S. The van der Waals surface area contributed by atoms with Gasteiger partial charge in [-0.15, -0.1) is 0 Å². The molecule has 0 aliphatic heterocycles. The summed E-state index contributed by atoms with van der Waals surface area (Å²) in [4.78, 5) is 28.5. The van der Waals surface area contributed by atoms with Crippen molar-refractivity contribution in [2.45, 2.75) is 13.8 Å². The Labute approximate surface area is 173 Å². The van der Waals surface area contributed by atoms with E-state index in [1.807, 2.05) is 0 Å². The third kappa shape index (κ3) is 5.41. The number of amides is 2. The lowest BCUT2D eigenvalue weighted by molar-refractivity contribution is -0.114. The van der Waals surface area contributed by atoms with Gasteiger partial charge in [0.25, 0.3) is 5.91 Å². The summed E-state index contributed by atoms with van der Waals surface area (Å²) in [5.41, 5.74) is 1.65. The van der Waals surface area contributed by atoms with Gasteiger partial charge in [-0.3, -0.25) is 19.4 Å². The van der Waals surface area contributed by atoms with Crippen LogP contribution in [0.5, 0.6) is 0 Å². The lowest BCUT2D eigenvalue weighted by Gasteiger charge is -2.13. The number of hydrogen-bond donors (Lipinski definition) is 4. The van der Waals surface area contributed by atoms with E-state index in [1.54, 1.807) is 31.2 Å². The van der Waals surface area contributed by atoms with Crippen LogP contribution in [0, 0.1) is 6.92 Å². The number of benzene rings is 2. The zero-order chi connectivity index (χ0) is 21.9. The lowest BCUT2D eigenvalue weighted by Crippen LogP contribution is -2.18. The van der Waals surface area contributed by atoms with Crippen LogP contribution in [0.3, 0.4) is 0 Å². The molecular weight excluding hydrogens is 408 g/mol. The number of aromatic nitrogens is 3. The molecule has 4 N–H and O–H groups in total. The molecule has 0 aliphatic rings. The summed E-state index contributed by atoms with van der Waals surface area (Å²) >= 11 is 0. The predicted molar refractivity (Wildman–Crippen MR) is 114 cm³/mol. The Bertz CT molecular complexity index is 1220. The minimum atomic E-state index is -3.62. The van der Waals surface area contributed by atoms with Gasteiger partial charge in [0.2, 0.25) is 15.9 Å². The van der Waals surface area contributed by atoms with E-state index < -0.39 is 15.9 Å². The van der Waals surface area contributed by atoms with E-state index in [1.165, 1.54) is 25.1 Å². The molecule has 156 valence electrons. The molecule has 30 heavy (non-hydrogen) atoms. The number of carbonyl (C=O) groups is 2. The molecule has 2 amide bonds. The number of H-pyrrole nitrogens is 1. The number of sulfonamides is 1. The highest BCUT2D eigenvalue weighted by Crippen LogP contribution is 2.24. The predicted octanol–water partition coefficient (Wildman–Crippen LogP) is 2.36. The molecule has 3 aromatic rings. The fourth-order valence-corrected chi connectivity index (χ4v) is 3.29. The quantitative estimate of drug-likeness (QED) is 0.474. The molecule has 0 atom stereocenters. The highest BCUT2D eigenvalue weighted by molar-refractivity contribution is 7.92. The molecule has 0 fully saturated rings. The average molecular weight is 428 g/mol. The van der Waals surface area contributed by atoms with Crippen LogP contribution in [-0.2, 0) is 14.8 Å². The zero-order valence-corrected chi connectivity index (χ0v) is 17.3. The Kier molecular flexibility index (Phi) is 5.83. The smallest absolute Gasteiger partial charge is 0.257 e. The molecule has 0 saturated carbocycles. The second kappa shape index (κ2) is 8.33. The highest BCUT2D eigenvalue weighted by Gasteiger charge is 2.16. The standard InChI is InChI=1S/C19H20N6O4S/c1-11-20-18(24-23-11)13-5-4-6-14(9-13)22-19(27)16-10-15(21-12(2)26)7-8-17(16)25-30(3,28)29/h4-10,25H,1-3H3,(H,21,26)(H,22,27)(H,20,23,24). The summed E-state index contributed by atoms with van der Waals surface area (Å²) in [7, 11) is -3.62. The fraction of sp³-hybridized carbons (Fsp3) is 0.158. The van der Waals surface area contributed by atoms with Crippen LogP contribution in [0.25, 0.3) is 11.4 Å². The Hall–Kier alpha value is -3.73. The number of rotatable bonds is 6. The van der Waals surface area contributed by atoms with Gasteiger partial charge in [0.15, 0.2) is 5.82 Å². The second-order valence-electron chi connectivity index (χ2n) is 6.60. The zero-order valence-electron chi connectivity index (χ0n) is 16.5. The SMILES string of the molecule is CC(=O)Nc1ccc(NS(C)(=O)=O)c(C(=O)Nc2cccc(-c3n[nH]c(C)n3)c2)c1. The van der Waals surface area contributed by atoms with Gasteiger partial charge in [-0.25, -0.2) is 13.4 Å². The van der Waals surface area contributed by atoms with E-state index in [4.69, 9.17) is 0 Å². The largest absolute Gasteiger partial charge is 0.326 e. The lowest BCUT2D eigenvalue weighted by atomic mass is 10.1. The van der Waals surface area contributed by atoms with Crippen molar-refractivity contribution in [3.8, 4) is 11.4 Å². The number of carbonyl (C=O) groups excluding carboxylic acids is 2. The van der Waals surface area contributed by atoms with Gasteiger partial charge in [0, 0.05) is 23.9 Å². The van der Waals surface area contributed by atoms with Crippen molar-refractivity contribution in [1.82, 2.24) is 15.2 Å². The summed E-state index contributed by atoms with van der Waals surface area (Å²) in [5.74, 6) is 0.262. The van der Waals surface area contributed by atoms with Crippen molar-refractivity contribution >= 4 is 38.9 Å². The molecule has 0 bridgehead atoms. The van der Waals surface area contributed by atoms with Crippen molar-refractivity contribution in [2.75, 3.05) is 21.6 Å². The summed E-state index contributed by atoms with van der Waals surface area (Å²) in [6.07, 6.45) is 0.985. The van der Waals surface area contributed by atoms with Crippen molar-refractivity contribution in [1.29, 1.82) is 0 Å². The third-order valence-electron chi connectivity index (χ3n) is 3.86. The Morgan fingerprint density at radius 2 is 1.77 bits per heavy atom. The topological polar surface area (TPSA) is 146 Å². The van der Waals surface area contributed by atoms with Crippen LogP contribution in [0.1, 0.15) is 23.1 Å². The first-order valence-corrected chi connectivity index (χ1v) is 10.7. The molecule has 3 rings (SSSR count). The van der Waals surface area contributed by atoms with E-state index in [0.29, 0.717) is 28.6 Å². The molecule has 0 radical (unpaired) electrons. The number of aromatic amines is 1. The first kappa shape index (κ1) is 21.0. The maximum Gasteiger partial charge on any atom is 0.257 e. The van der Waals surface area contributed by atoms with Gasteiger partial charge in [-0.2, -0.15) is 5.10 Å². The van der Waals surface area contributed by atoms with E-state index in [2.05, 4.69) is 30.5 Å². The molecule has 10 nitrogen and oxygen atoms in total. The van der Waals surface area contributed by atoms with Crippen molar-refractivity contribution < 1.29 is 18.0 Å². The first-order chi connectivity index (χ1) is 14.1. The van der Waals surface area contributed by atoms with E-state index >= 15 is 0 Å². The number of nitrogens with one attached hydrogen (secondary N) is 4. The Morgan fingerprint density at radius 3 is 2.40 bits per heavy atom. The minimum absolute atomic E-state index is 0.0471. The monoisotopic (exact) mass is 428 g/mol. The molecule has 11 heteroatoms. The van der Waals surface area contributed by atoms with Crippen molar-refractivity contribution in [3.63, 3.8) is 0 Å². The first-order valence-electron chi connectivity index (χ1n) is 8.81. The van der Waals surface area contributed by atoms with Crippen molar-refractivity contribution in [3.05, 3.63) is 53.9 Å². The molecule has 0 aliphatic carbocycles. The Morgan fingerprint density at radius 1 is 1.03 bits per heavy atom. The second-order valence-corrected chi connectivity index (χ2v) is 8.34. The van der Waals surface area contributed by atoms with E-state index in [-0.39, 0.29) is 17.2 Å². The van der Waals surface area contributed by atoms with E-state index in [0.717, 1.165) is 6.26 Å². The van der Waals surface area contributed by atoms with Gasteiger partial charge in [-0.05, 0) is 37.3 Å². The summed E-state index contributed by atoms with van der Waals surface area (Å²) in [5, 5.41) is 12.1. The Balaban J connectivity index is 1.92. The van der Waals surface area contributed by atoms with Gasteiger partial charge in [-0.1, -0.05) is 12.1 Å². The van der Waals surface area contributed by atoms with Gasteiger partial charge in [0.1, 0.15) is 5.82 Å². The number of anilines is 3. The summed E-state index contributed by atoms with van der Waals surface area (Å²) in [6, 6.07) is 11.2. The van der Waals surface area contributed by atoms with Crippen LogP contribution in [0.15, 0.2) is 42.5 Å². The highest BCUT2D eigenvalue weighted by atomic mass is 32.2. The van der Waals surface area contributed by atoms with E-state index in [9.17, 15) is 18.0 Å². The maximum atomic E-state index is 12.9.